The van der Waals surface area contributed by atoms with Gasteiger partial charge in [-0.15, -0.1) is 0 Å². The molecule has 1 aliphatic heterocycles. The Hall–Kier alpha value is -2.95. The summed E-state index contributed by atoms with van der Waals surface area (Å²) in [7, 11) is 0. The minimum atomic E-state index is -0.565. The summed E-state index contributed by atoms with van der Waals surface area (Å²) in [6, 6.07) is 10.1. The first-order chi connectivity index (χ1) is 12.8. The fourth-order valence-electron chi connectivity index (χ4n) is 3.58. The second-order valence-corrected chi connectivity index (χ2v) is 8.04. The van der Waals surface area contributed by atoms with Crippen molar-refractivity contribution in [2.24, 2.45) is 0 Å². The van der Waals surface area contributed by atoms with Crippen molar-refractivity contribution in [1.82, 2.24) is 9.97 Å². The van der Waals surface area contributed by atoms with E-state index < -0.39 is 5.41 Å². The Morgan fingerprint density at radius 2 is 1.96 bits per heavy atom. The molecular formula is C22H25N4O+. The standard InChI is InChI=1S/C22H24N4O/c1-14(2)19-12-25(13-24-19)16-8-9-18-20(10-16)26(21(27)22(18,4)5)17-7-6-15(3)23-11-17/h6-14H,1-5H3/p+1. The van der Waals surface area contributed by atoms with Crippen LogP contribution in [0.2, 0.25) is 0 Å². The Labute approximate surface area is 159 Å². The van der Waals surface area contributed by atoms with Gasteiger partial charge in [0.2, 0.25) is 12.2 Å². The van der Waals surface area contributed by atoms with Crippen LogP contribution in [-0.2, 0) is 10.2 Å². The van der Waals surface area contributed by atoms with E-state index >= 15 is 0 Å². The summed E-state index contributed by atoms with van der Waals surface area (Å²) in [5.41, 5.74) is 5.33. The van der Waals surface area contributed by atoms with E-state index in [1.807, 2.05) is 39.2 Å². The molecule has 1 N–H and O–H groups in total. The molecule has 0 unspecified atom stereocenters. The molecule has 0 bridgehead atoms. The Balaban J connectivity index is 1.84. The number of aromatic nitrogens is 3. The van der Waals surface area contributed by atoms with E-state index in [1.54, 1.807) is 11.1 Å². The number of nitrogens with zero attached hydrogens (tertiary/aromatic N) is 3. The van der Waals surface area contributed by atoms with Crippen LogP contribution in [0.3, 0.4) is 0 Å². The Kier molecular flexibility index (Phi) is 3.91. The van der Waals surface area contributed by atoms with Crippen molar-refractivity contribution in [2.45, 2.75) is 46.0 Å². The zero-order valence-electron chi connectivity index (χ0n) is 16.4. The van der Waals surface area contributed by atoms with E-state index in [2.05, 4.69) is 52.8 Å². The van der Waals surface area contributed by atoms with Gasteiger partial charge in [-0.3, -0.25) is 14.7 Å². The molecule has 0 radical (unpaired) electrons. The van der Waals surface area contributed by atoms with Crippen molar-refractivity contribution >= 4 is 17.3 Å². The number of fused-ring (bicyclic) bond motifs is 1. The highest BCUT2D eigenvalue weighted by Crippen LogP contribution is 2.45. The van der Waals surface area contributed by atoms with Gasteiger partial charge in [0.15, 0.2) is 0 Å². The molecule has 4 rings (SSSR count). The number of hydrogen-bond donors (Lipinski definition) is 1. The van der Waals surface area contributed by atoms with Crippen molar-refractivity contribution in [3.05, 3.63) is 66.0 Å². The van der Waals surface area contributed by atoms with Crippen LogP contribution in [0.1, 0.15) is 50.6 Å². The Morgan fingerprint density at radius 1 is 1.19 bits per heavy atom. The van der Waals surface area contributed by atoms with Crippen molar-refractivity contribution < 1.29 is 9.36 Å². The highest BCUT2D eigenvalue weighted by molar-refractivity contribution is 6.12. The minimum Gasteiger partial charge on any atom is -0.278 e. The molecule has 27 heavy (non-hydrogen) atoms. The van der Waals surface area contributed by atoms with Crippen LogP contribution < -0.4 is 9.47 Å². The molecule has 0 fully saturated rings. The second-order valence-electron chi connectivity index (χ2n) is 8.04. The SMILES string of the molecule is Cc1ccc(N2C(=O)C(C)(C)c3ccc(-[n+]4c[nH]c(C(C)C)c4)cc32)cn1. The largest absolute Gasteiger partial charge is 0.278 e. The third-order valence-electron chi connectivity index (χ3n) is 5.36. The molecule has 3 heterocycles. The summed E-state index contributed by atoms with van der Waals surface area (Å²) in [6.07, 6.45) is 5.83. The first kappa shape index (κ1) is 17.5. The average molecular weight is 361 g/mol. The molecule has 0 saturated carbocycles. The van der Waals surface area contributed by atoms with Crippen molar-refractivity contribution in [2.75, 3.05) is 4.90 Å². The number of carbonyl (C=O) groups excluding carboxylic acids is 1. The molecule has 0 atom stereocenters. The summed E-state index contributed by atoms with van der Waals surface area (Å²) >= 11 is 0. The molecule has 1 aliphatic rings. The van der Waals surface area contributed by atoms with Crippen LogP contribution in [0.5, 0.6) is 0 Å². The first-order valence-electron chi connectivity index (χ1n) is 9.30. The predicted molar refractivity (Wildman–Crippen MR) is 106 cm³/mol. The van der Waals surface area contributed by atoms with E-state index in [1.165, 1.54) is 5.69 Å². The van der Waals surface area contributed by atoms with Gasteiger partial charge in [-0.05, 0) is 44.5 Å². The lowest BCUT2D eigenvalue weighted by molar-refractivity contribution is -0.594. The topological polar surface area (TPSA) is 52.9 Å². The summed E-state index contributed by atoms with van der Waals surface area (Å²) in [6.45, 7) is 10.2. The molecule has 138 valence electrons. The molecule has 5 nitrogen and oxygen atoms in total. The van der Waals surface area contributed by atoms with Crippen LogP contribution in [0.15, 0.2) is 49.1 Å². The maximum absolute atomic E-state index is 13.2. The molecular weight excluding hydrogens is 336 g/mol. The van der Waals surface area contributed by atoms with Gasteiger partial charge in [0.25, 0.3) is 0 Å². The zero-order chi connectivity index (χ0) is 19.3. The van der Waals surface area contributed by atoms with Gasteiger partial charge in [-0.25, -0.2) is 9.55 Å². The number of imidazole rings is 1. The lowest BCUT2D eigenvalue weighted by Crippen LogP contribution is -2.33. The molecule has 1 aromatic carbocycles. The number of rotatable bonds is 3. The van der Waals surface area contributed by atoms with Crippen LogP contribution >= 0.6 is 0 Å². The van der Waals surface area contributed by atoms with Gasteiger partial charge in [0.1, 0.15) is 17.6 Å². The maximum atomic E-state index is 13.2. The molecule has 1 amide bonds. The van der Waals surface area contributed by atoms with Crippen LogP contribution in [0.25, 0.3) is 5.69 Å². The first-order valence-corrected chi connectivity index (χ1v) is 9.30. The van der Waals surface area contributed by atoms with Gasteiger partial charge in [-0.1, -0.05) is 19.9 Å². The fraction of sp³-hybridized carbons (Fsp3) is 0.318. The van der Waals surface area contributed by atoms with Gasteiger partial charge in [-0.2, -0.15) is 0 Å². The number of anilines is 2. The molecule has 5 heteroatoms. The van der Waals surface area contributed by atoms with Gasteiger partial charge in [0.05, 0.1) is 23.0 Å². The fourth-order valence-corrected chi connectivity index (χ4v) is 3.58. The molecule has 0 spiro atoms. The molecule has 0 aliphatic carbocycles. The summed E-state index contributed by atoms with van der Waals surface area (Å²) in [4.78, 5) is 22.7. The van der Waals surface area contributed by atoms with Crippen molar-refractivity contribution in [3.8, 4) is 5.69 Å². The lowest BCUT2D eigenvalue weighted by Gasteiger charge is -2.20. The number of nitrogens with one attached hydrogen (secondary N) is 1. The molecule has 0 saturated heterocycles. The Morgan fingerprint density at radius 3 is 2.59 bits per heavy atom. The van der Waals surface area contributed by atoms with Crippen LogP contribution in [0, 0.1) is 6.92 Å². The molecule has 2 aromatic heterocycles. The number of aromatic amines is 1. The number of H-pyrrole nitrogens is 1. The third-order valence-corrected chi connectivity index (χ3v) is 5.36. The molecule has 3 aromatic rings. The van der Waals surface area contributed by atoms with E-state index in [-0.39, 0.29) is 5.91 Å². The smallest absolute Gasteiger partial charge is 0.246 e. The van der Waals surface area contributed by atoms with Crippen molar-refractivity contribution in [3.63, 3.8) is 0 Å². The number of pyridine rings is 1. The van der Waals surface area contributed by atoms with Crippen LogP contribution in [-0.4, -0.2) is 15.9 Å². The number of carbonyl (C=O) groups is 1. The van der Waals surface area contributed by atoms with Crippen molar-refractivity contribution in [1.29, 1.82) is 0 Å². The summed E-state index contributed by atoms with van der Waals surface area (Å²) < 4.78 is 2.07. The van der Waals surface area contributed by atoms with Gasteiger partial charge in [0, 0.05) is 17.7 Å². The summed E-state index contributed by atoms with van der Waals surface area (Å²) in [5, 5.41) is 0. The highest BCUT2D eigenvalue weighted by Gasteiger charge is 2.45. The number of hydrogen-bond acceptors (Lipinski definition) is 2. The second kappa shape index (κ2) is 6.05. The van der Waals surface area contributed by atoms with E-state index in [4.69, 9.17) is 0 Å². The Bertz CT molecular complexity index is 1020. The highest BCUT2D eigenvalue weighted by atomic mass is 16.2. The third kappa shape index (κ3) is 2.74. The van der Waals surface area contributed by atoms with E-state index in [0.29, 0.717) is 5.92 Å². The number of amides is 1. The van der Waals surface area contributed by atoms with Gasteiger partial charge >= 0.3 is 0 Å². The minimum absolute atomic E-state index is 0.0715. The normalized spacial score (nSPS) is 15.5. The van der Waals surface area contributed by atoms with E-state index in [9.17, 15) is 4.79 Å². The monoisotopic (exact) mass is 361 g/mol. The summed E-state index contributed by atoms with van der Waals surface area (Å²) in [5.74, 6) is 0.499. The number of benzene rings is 1. The van der Waals surface area contributed by atoms with E-state index in [0.717, 1.165) is 28.3 Å². The van der Waals surface area contributed by atoms with Gasteiger partial charge < -0.3 is 0 Å². The van der Waals surface area contributed by atoms with Crippen LogP contribution in [0.4, 0.5) is 11.4 Å². The lowest BCUT2D eigenvalue weighted by atomic mass is 9.86. The maximum Gasteiger partial charge on any atom is 0.246 e. The average Bonchev–Trinajstić information content (AvgIpc) is 3.20. The predicted octanol–water partition coefficient (Wildman–Crippen LogP) is 4.07. The number of aryl methyl sites for hydroxylation is 1. The zero-order valence-corrected chi connectivity index (χ0v) is 16.4. The quantitative estimate of drug-likeness (QED) is 0.715.